The number of nitrogens with zero attached hydrogens (tertiary/aromatic N) is 3. The first kappa shape index (κ1) is 17.4. The summed E-state index contributed by atoms with van der Waals surface area (Å²) in [5.41, 5.74) is 0.788. The van der Waals surface area contributed by atoms with Gasteiger partial charge in [0.2, 0.25) is 0 Å². The first-order chi connectivity index (χ1) is 12.1. The molecule has 1 aromatic carbocycles. The van der Waals surface area contributed by atoms with Gasteiger partial charge in [-0.3, -0.25) is 4.79 Å². The van der Waals surface area contributed by atoms with E-state index in [1.165, 1.54) is 6.07 Å². The maximum atomic E-state index is 14.5. The molecule has 6 nitrogen and oxygen atoms in total. The highest BCUT2D eigenvalue weighted by atomic mass is 19.1. The van der Waals surface area contributed by atoms with Crippen LogP contribution in [0.4, 0.5) is 15.9 Å². The van der Waals surface area contributed by atoms with Crippen molar-refractivity contribution in [2.75, 3.05) is 36.5 Å². The first-order valence-electron chi connectivity index (χ1n) is 8.57. The minimum absolute atomic E-state index is 0.172. The molecule has 1 N–H and O–H groups in total. The van der Waals surface area contributed by atoms with Gasteiger partial charge in [0.15, 0.2) is 0 Å². The zero-order valence-electron chi connectivity index (χ0n) is 14.5. The summed E-state index contributed by atoms with van der Waals surface area (Å²) in [7, 11) is 0. The van der Waals surface area contributed by atoms with Crippen LogP contribution in [0.25, 0.3) is 0 Å². The van der Waals surface area contributed by atoms with Gasteiger partial charge in [0.05, 0.1) is 31.1 Å². The number of ether oxygens (including phenoxy) is 1. The van der Waals surface area contributed by atoms with E-state index in [9.17, 15) is 9.18 Å². The van der Waals surface area contributed by atoms with Gasteiger partial charge < -0.3 is 15.0 Å². The number of morpholine rings is 1. The van der Waals surface area contributed by atoms with Gasteiger partial charge in [-0.05, 0) is 31.5 Å². The molecule has 1 saturated heterocycles. The molecule has 3 rings (SSSR count). The number of nitrogens with one attached hydrogen (secondary N) is 1. The molecule has 0 aliphatic carbocycles. The van der Waals surface area contributed by atoms with E-state index in [2.05, 4.69) is 17.3 Å². The second kappa shape index (κ2) is 7.65. The van der Waals surface area contributed by atoms with E-state index in [0.717, 1.165) is 6.42 Å². The monoisotopic (exact) mass is 346 g/mol. The molecule has 1 aromatic heterocycles. The Kier molecular flexibility index (Phi) is 5.33. The Hall–Kier alpha value is -2.41. The normalized spacial score (nSPS) is 15.9. The standard InChI is InChI=1S/C18H23FN4O2/c1-3-13(2)23-17(6-7-20-23)21-18(24)14-4-5-16(15(19)12-14)22-8-10-25-11-9-22/h4-7,12-13H,3,8-11H2,1-2H3,(H,21,24)/t13-/m1/s1. The minimum atomic E-state index is -0.398. The summed E-state index contributed by atoms with van der Waals surface area (Å²) >= 11 is 0. The number of halogens is 1. The van der Waals surface area contributed by atoms with E-state index in [4.69, 9.17) is 4.74 Å². The highest BCUT2D eigenvalue weighted by Crippen LogP contribution is 2.23. The van der Waals surface area contributed by atoms with Gasteiger partial charge >= 0.3 is 0 Å². The van der Waals surface area contributed by atoms with Crippen LogP contribution in [0, 0.1) is 5.82 Å². The van der Waals surface area contributed by atoms with Crippen molar-refractivity contribution in [3.63, 3.8) is 0 Å². The second-order valence-electron chi connectivity index (χ2n) is 6.14. The molecule has 7 heteroatoms. The Balaban J connectivity index is 1.74. The number of carbonyl (C=O) groups excluding carboxylic acids is 1. The van der Waals surface area contributed by atoms with E-state index >= 15 is 0 Å². The Bertz CT molecular complexity index is 740. The van der Waals surface area contributed by atoms with Crippen LogP contribution in [0.3, 0.4) is 0 Å². The average molecular weight is 346 g/mol. The predicted octanol–water partition coefficient (Wildman–Crippen LogP) is 3.08. The highest BCUT2D eigenvalue weighted by molar-refractivity contribution is 6.04. The fraction of sp³-hybridized carbons (Fsp3) is 0.444. The van der Waals surface area contributed by atoms with Crippen molar-refractivity contribution in [1.29, 1.82) is 0 Å². The molecule has 1 fully saturated rings. The summed E-state index contributed by atoms with van der Waals surface area (Å²) in [5.74, 6) is -0.139. The number of hydrogen-bond donors (Lipinski definition) is 1. The molecule has 134 valence electrons. The SMILES string of the molecule is CC[C@@H](C)n1nccc1NC(=O)c1ccc(N2CCOCC2)c(F)c1. The molecule has 1 aliphatic heterocycles. The van der Waals surface area contributed by atoms with E-state index < -0.39 is 5.82 Å². The van der Waals surface area contributed by atoms with E-state index in [1.54, 1.807) is 29.1 Å². The fourth-order valence-corrected chi connectivity index (χ4v) is 2.83. The smallest absolute Gasteiger partial charge is 0.256 e. The predicted molar refractivity (Wildman–Crippen MR) is 94.6 cm³/mol. The molecule has 0 bridgehead atoms. The van der Waals surface area contributed by atoms with Crippen LogP contribution in [0.15, 0.2) is 30.5 Å². The van der Waals surface area contributed by atoms with Gasteiger partial charge in [-0.15, -0.1) is 0 Å². The van der Waals surface area contributed by atoms with Crippen molar-refractivity contribution in [2.24, 2.45) is 0 Å². The lowest BCUT2D eigenvalue weighted by Gasteiger charge is -2.29. The summed E-state index contributed by atoms with van der Waals surface area (Å²) in [6.45, 7) is 6.55. The maximum Gasteiger partial charge on any atom is 0.256 e. The fourth-order valence-electron chi connectivity index (χ4n) is 2.83. The highest BCUT2D eigenvalue weighted by Gasteiger charge is 2.18. The van der Waals surface area contributed by atoms with Gasteiger partial charge in [0, 0.05) is 24.7 Å². The van der Waals surface area contributed by atoms with Crippen LogP contribution in [0.2, 0.25) is 0 Å². The molecular weight excluding hydrogens is 323 g/mol. The molecule has 0 radical (unpaired) electrons. The summed E-state index contributed by atoms with van der Waals surface area (Å²) < 4.78 is 21.5. The van der Waals surface area contributed by atoms with Gasteiger partial charge in [-0.25, -0.2) is 9.07 Å². The number of aromatic nitrogens is 2. The van der Waals surface area contributed by atoms with Crippen molar-refractivity contribution in [3.05, 3.63) is 41.8 Å². The van der Waals surface area contributed by atoms with Crippen LogP contribution in [-0.4, -0.2) is 42.0 Å². The summed E-state index contributed by atoms with van der Waals surface area (Å²) in [5, 5.41) is 7.05. The van der Waals surface area contributed by atoms with Gasteiger partial charge in [0.25, 0.3) is 5.91 Å². The number of anilines is 2. The molecule has 0 saturated carbocycles. The van der Waals surface area contributed by atoms with Crippen LogP contribution >= 0.6 is 0 Å². The zero-order valence-corrected chi connectivity index (χ0v) is 14.5. The Labute approximate surface area is 146 Å². The molecule has 1 amide bonds. The molecule has 1 atom stereocenters. The van der Waals surface area contributed by atoms with Crippen molar-refractivity contribution >= 4 is 17.4 Å². The first-order valence-corrected chi connectivity index (χ1v) is 8.57. The molecule has 2 heterocycles. The molecule has 1 aliphatic rings. The average Bonchev–Trinajstić information content (AvgIpc) is 3.09. The van der Waals surface area contributed by atoms with E-state index in [-0.39, 0.29) is 17.5 Å². The number of benzene rings is 1. The summed E-state index contributed by atoms with van der Waals surface area (Å²) in [4.78, 5) is 14.4. The Morgan fingerprint density at radius 1 is 1.36 bits per heavy atom. The largest absolute Gasteiger partial charge is 0.378 e. The number of carbonyl (C=O) groups is 1. The van der Waals surface area contributed by atoms with Gasteiger partial charge in [0.1, 0.15) is 11.6 Å². The Morgan fingerprint density at radius 2 is 2.12 bits per heavy atom. The third-order valence-electron chi connectivity index (χ3n) is 4.48. The van der Waals surface area contributed by atoms with Crippen LogP contribution < -0.4 is 10.2 Å². The molecule has 25 heavy (non-hydrogen) atoms. The topological polar surface area (TPSA) is 59.4 Å². The van der Waals surface area contributed by atoms with Crippen molar-refractivity contribution in [1.82, 2.24) is 9.78 Å². The maximum absolute atomic E-state index is 14.5. The van der Waals surface area contributed by atoms with Crippen LogP contribution in [-0.2, 0) is 4.74 Å². The van der Waals surface area contributed by atoms with E-state index in [1.807, 2.05) is 11.8 Å². The summed E-state index contributed by atoms with van der Waals surface area (Å²) in [6, 6.07) is 6.49. The van der Waals surface area contributed by atoms with Gasteiger partial charge in [-0.1, -0.05) is 6.92 Å². The number of hydrogen-bond acceptors (Lipinski definition) is 4. The molecular formula is C18H23FN4O2. The number of amides is 1. The lowest BCUT2D eigenvalue weighted by Crippen LogP contribution is -2.36. The van der Waals surface area contributed by atoms with E-state index in [0.29, 0.717) is 37.8 Å². The zero-order chi connectivity index (χ0) is 17.8. The molecule has 0 unspecified atom stereocenters. The third-order valence-corrected chi connectivity index (χ3v) is 4.48. The molecule has 0 spiro atoms. The summed E-state index contributed by atoms with van der Waals surface area (Å²) in [6.07, 6.45) is 2.54. The van der Waals surface area contributed by atoms with Crippen molar-refractivity contribution in [2.45, 2.75) is 26.3 Å². The number of rotatable bonds is 5. The lowest BCUT2D eigenvalue weighted by molar-refractivity contribution is 0.102. The Morgan fingerprint density at radius 3 is 2.80 bits per heavy atom. The van der Waals surface area contributed by atoms with Crippen molar-refractivity contribution < 1.29 is 13.9 Å². The third kappa shape index (κ3) is 3.82. The van der Waals surface area contributed by atoms with Crippen LogP contribution in [0.1, 0.15) is 36.7 Å². The van der Waals surface area contributed by atoms with Gasteiger partial charge in [-0.2, -0.15) is 5.10 Å². The van der Waals surface area contributed by atoms with Crippen molar-refractivity contribution in [3.8, 4) is 0 Å². The molecule has 2 aromatic rings. The minimum Gasteiger partial charge on any atom is -0.378 e. The second-order valence-corrected chi connectivity index (χ2v) is 6.14. The quantitative estimate of drug-likeness (QED) is 0.904. The van der Waals surface area contributed by atoms with Crippen LogP contribution in [0.5, 0.6) is 0 Å². The lowest BCUT2D eigenvalue weighted by atomic mass is 10.1.